The molecule has 1 aliphatic rings. The van der Waals surface area contributed by atoms with Crippen molar-refractivity contribution in [2.45, 2.75) is 12.8 Å². The lowest BCUT2D eigenvalue weighted by Gasteiger charge is -1.67. The molecule has 0 aromatic rings. The third kappa shape index (κ3) is 0.654. The van der Waals surface area contributed by atoms with Crippen molar-refractivity contribution in [3.8, 4) is 0 Å². The van der Waals surface area contributed by atoms with Gasteiger partial charge in [-0.25, -0.2) is 0 Å². The van der Waals surface area contributed by atoms with E-state index in [1.807, 2.05) is 0 Å². The molecule has 5 heavy (non-hydrogen) atoms. The number of hydrogen-bond donors (Lipinski definition) is 1. The summed E-state index contributed by atoms with van der Waals surface area (Å²) in [5, 5.41) is 3.13. The molecule has 1 heterocycles. The van der Waals surface area contributed by atoms with Crippen molar-refractivity contribution < 1.29 is 0 Å². The average Bonchev–Trinajstić information content (AvgIpc) is 2.12. The van der Waals surface area contributed by atoms with Crippen LogP contribution in [0.25, 0.3) is 0 Å². The van der Waals surface area contributed by atoms with Gasteiger partial charge in [-0.05, 0) is 5.94 Å². The standard InChI is InChI=1S/C3H7BN/c1-4-3-2-5-3/h3,5H,2H2,1H3. The van der Waals surface area contributed by atoms with Gasteiger partial charge in [0.05, 0.1) is 0 Å². The van der Waals surface area contributed by atoms with Gasteiger partial charge in [-0.2, -0.15) is 0 Å². The highest BCUT2D eigenvalue weighted by Crippen LogP contribution is 1.89. The van der Waals surface area contributed by atoms with Gasteiger partial charge in [-0.15, -0.1) is 0 Å². The Bertz CT molecular complexity index is 33.9. The van der Waals surface area contributed by atoms with E-state index in [1.165, 1.54) is 6.54 Å². The average molecular weight is 67.9 g/mol. The van der Waals surface area contributed by atoms with Crippen LogP contribution < -0.4 is 5.32 Å². The van der Waals surface area contributed by atoms with E-state index in [-0.39, 0.29) is 0 Å². The van der Waals surface area contributed by atoms with Gasteiger partial charge in [-0.3, -0.25) is 0 Å². The van der Waals surface area contributed by atoms with Crippen molar-refractivity contribution in [1.29, 1.82) is 0 Å². The maximum Gasteiger partial charge on any atom is 0.131 e. The van der Waals surface area contributed by atoms with Crippen molar-refractivity contribution in [3.63, 3.8) is 0 Å². The van der Waals surface area contributed by atoms with E-state index in [2.05, 4.69) is 19.4 Å². The van der Waals surface area contributed by atoms with E-state index in [0.717, 1.165) is 5.94 Å². The molecular weight excluding hydrogens is 60.9 g/mol. The summed E-state index contributed by atoms with van der Waals surface area (Å²) in [5.41, 5.74) is 0. The van der Waals surface area contributed by atoms with Gasteiger partial charge in [0.25, 0.3) is 0 Å². The summed E-state index contributed by atoms with van der Waals surface area (Å²) in [5.74, 6) is 0.759. The van der Waals surface area contributed by atoms with E-state index in [9.17, 15) is 0 Å². The van der Waals surface area contributed by atoms with Crippen LogP contribution in [0, 0.1) is 0 Å². The summed E-state index contributed by atoms with van der Waals surface area (Å²) in [4.78, 5) is 0. The molecule has 0 amide bonds. The lowest BCUT2D eigenvalue weighted by Crippen LogP contribution is -1.95. The maximum atomic E-state index is 3.13. The minimum atomic E-state index is 0.759. The molecule has 0 spiro atoms. The van der Waals surface area contributed by atoms with E-state index < -0.39 is 0 Å². The van der Waals surface area contributed by atoms with Crippen LogP contribution in [-0.4, -0.2) is 19.8 Å². The number of nitrogens with one attached hydrogen (secondary N) is 1. The van der Waals surface area contributed by atoms with Crippen LogP contribution in [0.1, 0.15) is 0 Å². The third-order valence-electron chi connectivity index (χ3n) is 0.842. The summed E-state index contributed by atoms with van der Waals surface area (Å²) in [6, 6.07) is 0. The Morgan fingerprint density at radius 3 is 2.60 bits per heavy atom. The van der Waals surface area contributed by atoms with Crippen molar-refractivity contribution in [2.24, 2.45) is 0 Å². The quantitative estimate of drug-likeness (QED) is 0.329. The second-order valence-corrected chi connectivity index (χ2v) is 1.35. The Kier molecular flexibility index (Phi) is 0.654. The van der Waals surface area contributed by atoms with Gasteiger partial charge < -0.3 is 5.32 Å². The predicted octanol–water partition coefficient (Wildman–Crippen LogP) is -0.332. The first kappa shape index (κ1) is 3.22. The molecule has 0 aliphatic carbocycles. The van der Waals surface area contributed by atoms with Crippen molar-refractivity contribution in [1.82, 2.24) is 5.32 Å². The highest BCUT2D eigenvalue weighted by atomic mass is 15.1. The van der Waals surface area contributed by atoms with Gasteiger partial charge >= 0.3 is 0 Å². The van der Waals surface area contributed by atoms with Crippen LogP contribution in [0.15, 0.2) is 0 Å². The summed E-state index contributed by atoms with van der Waals surface area (Å²) in [6.07, 6.45) is 0. The van der Waals surface area contributed by atoms with Crippen LogP contribution in [0.4, 0.5) is 0 Å². The highest BCUT2D eigenvalue weighted by Gasteiger charge is 2.16. The molecule has 1 radical (unpaired) electrons. The smallest absolute Gasteiger partial charge is 0.131 e. The Morgan fingerprint density at radius 2 is 2.60 bits per heavy atom. The molecule has 1 unspecified atom stereocenters. The summed E-state index contributed by atoms with van der Waals surface area (Å²) in [6.45, 7) is 3.28. The largest absolute Gasteiger partial charge is 0.320 e. The highest BCUT2D eigenvalue weighted by molar-refractivity contribution is 6.37. The topological polar surface area (TPSA) is 21.9 Å². The molecule has 1 nitrogen and oxygen atoms in total. The Hall–Kier alpha value is 0.0249. The molecule has 1 saturated heterocycles. The number of hydrogen-bond acceptors (Lipinski definition) is 1. The van der Waals surface area contributed by atoms with Crippen LogP contribution in [0.2, 0.25) is 6.82 Å². The first-order chi connectivity index (χ1) is 2.43. The monoisotopic (exact) mass is 68.1 g/mol. The first-order valence-electron chi connectivity index (χ1n) is 1.96. The lowest BCUT2D eigenvalue weighted by atomic mass is 9.78. The van der Waals surface area contributed by atoms with Crippen molar-refractivity contribution in [3.05, 3.63) is 0 Å². The molecule has 27 valence electrons. The Balaban J connectivity index is 2.00. The molecule has 0 aromatic heterocycles. The Labute approximate surface area is 33.0 Å². The summed E-state index contributed by atoms with van der Waals surface area (Å²) in [7, 11) is 2.17. The fourth-order valence-corrected chi connectivity index (χ4v) is 0.304. The zero-order valence-corrected chi connectivity index (χ0v) is 3.36. The predicted molar refractivity (Wildman–Crippen MR) is 23.4 cm³/mol. The van der Waals surface area contributed by atoms with Gasteiger partial charge in [0, 0.05) is 6.54 Å². The van der Waals surface area contributed by atoms with Crippen molar-refractivity contribution >= 4 is 7.28 Å². The van der Waals surface area contributed by atoms with E-state index in [0.29, 0.717) is 0 Å². The molecule has 1 N–H and O–H groups in total. The van der Waals surface area contributed by atoms with E-state index in [1.54, 1.807) is 0 Å². The summed E-state index contributed by atoms with van der Waals surface area (Å²) < 4.78 is 0. The van der Waals surface area contributed by atoms with Crippen LogP contribution in [0.5, 0.6) is 0 Å². The van der Waals surface area contributed by atoms with E-state index >= 15 is 0 Å². The molecule has 0 bridgehead atoms. The SMILES string of the molecule is C[B]C1CN1. The molecule has 2 heteroatoms. The fraction of sp³-hybridized carbons (Fsp3) is 1.00. The normalized spacial score (nSPS) is 33.4. The fourth-order valence-electron chi connectivity index (χ4n) is 0.304. The summed E-state index contributed by atoms with van der Waals surface area (Å²) >= 11 is 0. The van der Waals surface area contributed by atoms with Gasteiger partial charge in [0.15, 0.2) is 0 Å². The molecule has 0 saturated carbocycles. The minimum Gasteiger partial charge on any atom is -0.320 e. The molecule has 1 aliphatic heterocycles. The molecule has 0 aromatic carbocycles. The number of rotatable bonds is 1. The van der Waals surface area contributed by atoms with Crippen molar-refractivity contribution in [2.75, 3.05) is 6.54 Å². The van der Waals surface area contributed by atoms with Gasteiger partial charge in [0.2, 0.25) is 0 Å². The van der Waals surface area contributed by atoms with Gasteiger partial charge in [0.1, 0.15) is 7.28 Å². The zero-order valence-electron chi connectivity index (χ0n) is 3.36. The Morgan fingerprint density at radius 1 is 2.00 bits per heavy atom. The third-order valence-corrected chi connectivity index (χ3v) is 0.842. The zero-order chi connectivity index (χ0) is 3.70. The molecule has 1 atom stereocenters. The molecule has 1 fully saturated rings. The second kappa shape index (κ2) is 1.01. The van der Waals surface area contributed by atoms with E-state index in [4.69, 9.17) is 0 Å². The van der Waals surface area contributed by atoms with Gasteiger partial charge in [-0.1, -0.05) is 6.82 Å². The molecule has 1 rings (SSSR count). The minimum absolute atomic E-state index is 0.759. The van der Waals surface area contributed by atoms with Crippen LogP contribution in [0.3, 0.4) is 0 Å². The van der Waals surface area contributed by atoms with Crippen LogP contribution in [-0.2, 0) is 0 Å². The van der Waals surface area contributed by atoms with Crippen LogP contribution >= 0.6 is 0 Å². The first-order valence-corrected chi connectivity index (χ1v) is 1.96. The lowest BCUT2D eigenvalue weighted by molar-refractivity contribution is 1.29. The molecular formula is C3H7BN. The maximum absolute atomic E-state index is 3.13. The second-order valence-electron chi connectivity index (χ2n) is 1.35.